The van der Waals surface area contributed by atoms with E-state index in [0.29, 0.717) is 0 Å². The Labute approximate surface area is 169 Å². The fraction of sp³-hybridized carbons (Fsp3) is 0.333. The van der Waals surface area contributed by atoms with Gasteiger partial charge in [0.25, 0.3) is 5.91 Å². The topological polar surface area (TPSA) is 102 Å². The third kappa shape index (κ3) is 5.31. The van der Waals surface area contributed by atoms with E-state index in [1.165, 1.54) is 24.1 Å². The number of amides is 2. The molecule has 0 heterocycles. The van der Waals surface area contributed by atoms with Crippen LogP contribution >= 0.6 is 0 Å². The largest absolute Gasteiger partial charge is 0.487 e. The molecule has 0 aliphatic heterocycles. The first-order valence-electron chi connectivity index (χ1n) is 9.18. The summed E-state index contributed by atoms with van der Waals surface area (Å²) in [6.07, 6.45) is 0. The van der Waals surface area contributed by atoms with Crippen LogP contribution in [-0.4, -0.2) is 41.8 Å². The van der Waals surface area contributed by atoms with Crippen LogP contribution in [0.4, 0.5) is 11.4 Å². The van der Waals surface area contributed by atoms with Gasteiger partial charge >= 0.3 is 5.69 Å². The maximum atomic E-state index is 12.6. The number of rotatable bonds is 7. The number of nitrogens with one attached hydrogen (secondary N) is 1. The lowest BCUT2D eigenvalue weighted by atomic mass is 10.1. The molecule has 0 atom stereocenters. The van der Waals surface area contributed by atoms with Gasteiger partial charge in [0.1, 0.15) is 0 Å². The second-order valence-corrected chi connectivity index (χ2v) is 6.86. The SMILES string of the molecule is CCOc1ccc(C(=O)N(C)CC(=O)Nc2c(C)cc(C)cc2C)cc1[N+](=O)[O-]. The molecule has 154 valence electrons. The molecular formula is C21H25N3O5. The van der Waals surface area contributed by atoms with Gasteiger partial charge in [-0.15, -0.1) is 0 Å². The molecule has 8 heteroatoms. The standard InChI is InChI=1S/C21H25N3O5/c1-6-29-18-8-7-16(11-17(18)24(27)28)21(26)23(5)12-19(25)22-20-14(3)9-13(2)10-15(20)4/h7-11H,6,12H2,1-5H3,(H,22,25). The molecule has 2 rings (SSSR count). The molecule has 0 aromatic heterocycles. The van der Waals surface area contributed by atoms with Gasteiger partial charge in [-0.2, -0.15) is 0 Å². The normalized spacial score (nSPS) is 10.4. The van der Waals surface area contributed by atoms with Crippen LogP contribution in [0.25, 0.3) is 0 Å². The summed E-state index contributed by atoms with van der Waals surface area (Å²) in [5, 5.41) is 14.1. The van der Waals surface area contributed by atoms with Crippen LogP contribution in [0.2, 0.25) is 0 Å². The average Bonchev–Trinajstić information content (AvgIpc) is 2.64. The number of hydrogen-bond donors (Lipinski definition) is 1. The summed E-state index contributed by atoms with van der Waals surface area (Å²) >= 11 is 0. The van der Waals surface area contributed by atoms with Crippen molar-refractivity contribution in [2.24, 2.45) is 0 Å². The number of aryl methyl sites for hydroxylation is 3. The minimum absolute atomic E-state index is 0.0970. The number of hydrogen-bond acceptors (Lipinski definition) is 5. The first-order chi connectivity index (χ1) is 13.6. The van der Waals surface area contributed by atoms with Gasteiger partial charge in [0.05, 0.1) is 18.1 Å². The Hall–Kier alpha value is -3.42. The van der Waals surface area contributed by atoms with E-state index in [2.05, 4.69) is 5.32 Å². The monoisotopic (exact) mass is 399 g/mol. The van der Waals surface area contributed by atoms with Crippen LogP contribution in [0, 0.1) is 30.9 Å². The van der Waals surface area contributed by atoms with Crippen LogP contribution in [0.1, 0.15) is 34.0 Å². The Morgan fingerprint density at radius 3 is 2.31 bits per heavy atom. The minimum atomic E-state index is -0.600. The smallest absolute Gasteiger partial charge is 0.311 e. The molecule has 0 aliphatic carbocycles. The Kier molecular flexibility index (Phi) is 6.93. The third-order valence-electron chi connectivity index (χ3n) is 4.37. The molecule has 2 aromatic rings. The lowest BCUT2D eigenvalue weighted by Gasteiger charge is -2.18. The van der Waals surface area contributed by atoms with Gasteiger partial charge in [0.2, 0.25) is 5.91 Å². The molecule has 0 saturated carbocycles. The molecule has 0 radical (unpaired) electrons. The zero-order chi connectivity index (χ0) is 21.7. The highest BCUT2D eigenvalue weighted by atomic mass is 16.6. The van der Waals surface area contributed by atoms with Gasteiger partial charge in [-0.25, -0.2) is 0 Å². The number of carbonyl (C=O) groups excluding carboxylic acids is 2. The van der Waals surface area contributed by atoms with E-state index in [4.69, 9.17) is 4.74 Å². The predicted octanol–water partition coefficient (Wildman–Crippen LogP) is 3.63. The van der Waals surface area contributed by atoms with E-state index in [1.54, 1.807) is 6.92 Å². The molecule has 0 fully saturated rings. The van der Waals surface area contributed by atoms with Crippen molar-refractivity contribution < 1.29 is 19.2 Å². The lowest BCUT2D eigenvalue weighted by molar-refractivity contribution is -0.385. The van der Waals surface area contributed by atoms with Gasteiger partial charge in [0.15, 0.2) is 5.75 Å². The summed E-state index contributed by atoms with van der Waals surface area (Å²) in [5.74, 6) is -0.750. The van der Waals surface area contributed by atoms with Crippen LogP contribution in [0.3, 0.4) is 0 Å². The highest BCUT2D eigenvalue weighted by Crippen LogP contribution is 2.28. The number of nitro benzene ring substituents is 1. The Bertz CT molecular complexity index is 932. The van der Waals surface area contributed by atoms with E-state index in [9.17, 15) is 19.7 Å². The number of nitrogens with zero attached hydrogens (tertiary/aromatic N) is 2. The van der Waals surface area contributed by atoms with Crippen LogP contribution in [0.5, 0.6) is 5.75 Å². The molecule has 0 bridgehead atoms. The van der Waals surface area contributed by atoms with Crippen molar-refractivity contribution in [1.29, 1.82) is 0 Å². The number of likely N-dealkylation sites (N-methyl/N-ethyl adjacent to an activating group) is 1. The van der Waals surface area contributed by atoms with Gasteiger partial charge in [0, 0.05) is 24.4 Å². The first-order valence-corrected chi connectivity index (χ1v) is 9.18. The molecular weight excluding hydrogens is 374 g/mol. The van der Waals surface area contributed by atoms with E-state index in [-0.39, 0.29) is 36.1 Å². The van der Waals surface area contributed by atoms with Crippen LogP contribution < -0.4 is 10.1 Å². The molecule has 0 spiro atoms. The van der Waals surface area contributed by atoms with Gasteiger partial charge < -0.3 is 15.0 Å². The Morgan fingerprint density at radius 1 is 1.14 bits per heavy atom. The summed E-state index contributed by atoms with van der Waals surface area (Å²) in [7, 11) is 1.47. The molecule has 2 amide bonds. The predicted molar refractivity (Wildman–Crippen MR) is 111 cm³/mol. The summed E-state index contributed by atoms with van der Waals surface area (Å²) in [5.41, 5.74) is 3.51. The van der Waals surface area contributed by atoms with Crippen molar-refractivity contribution in [3.05, 3.63) is 62.7 Å². The molecule has 8 nitrogen and oxygen atoms in total. The molecule has 2 aromatic carbocycles. The quantitative estimate of drug-likeness (QED) is 0.566. The van der Waals surface area contributed by atoms with Crippen molar-refractivity contribution in [3.8, 4) is 5.75 Å². The molecule has 0 aliphatic rings. The summed E-state index contributed by atoms with van der Waals surface area (Å²) in [6.45, 7) is 7.59. The molecule has 0 unspecified atom stereocenters. The van der Waals surface area contributed by atoms with Gasteiger partial charge in [-0.05, 0) is 51.0 Å². The third-order valence-corrected chi connectivity index (χ3v) is 4.37. The second-order valence-electron chi connectivity index (χ2n) is 6.86. The average molecular weight is 399 g/mol. The van der Waals surface area contributed by atoms with E-state index in [1.807, 2.05) is 32.9 Å². The number of benzene rings is 2. The Balaban J connectivity index is 2.13. The van der Waals surface area contributed by atoms with Gasteiger partial charge in [-0.1, -0.05) is 17.7 Å². The van der Waals surface area contributed by atoms with Crippen molar-refractivity contribution in [1.82, 2.24) is 4.90 Å². The fourth-order valence-corrected chi connectivity index (χ4v) is 3.13. The van der Waals surface area contributed by atoms with Crippen molar-refractivity contribution in [3.63, 3.8) is 0 Å². The van der Waals surface area contributed by atoms with E-state index >= 15 is 0 Å². The van der Waals surface area contributed by atoms with Crippen LogP contribution in [-0.2, 0) is 4.79 Å². The number of nitro groups is 1. The summed E-state index contributed by atoms with van der Waals surface area (Å²) in [6, 6.07) is 7.94. The lowest BCUT2D eigenvalue weighted by Crippen LogP contribution is -2.35. The molecule has 0 saturated heterocycles. The highest BCUT2D eigenvalue weighted by Gasteiger charge is 2.22. The first kappa shape index (κ1) is 21.9. The Morgan fingerprint density at radius 2 is 1.76 bits per heavy atom. The zero-order valence-corrected chi connectivity index (χ0v) is 17.2. The summed E-state index contributed by atoms with van der Waals surface area (Å²) < 4.78 is 5.22. The van der Waals surface area contributed by atoms with Crippen molar-refractivity contribution >= 4 is 23.2 Å². The number of carbonyl (C=O) groups is 2. The fourth-order valence-electron chi connectivity index (χ4n) is 3.13. The zero-order valence-electron chi connectivity index (χ0n) is 17.2. The summed E-state index contributed by atoms with van der Waals surface area (Å²) in [4.78, 5) is 36.9. The van der Waals surface area contributed by atoms with Crippen molar-refractivity contribution in [2.75, 3.05) is 25.5 Å². The maximum Gasteiger partial charge on any atom is 0.311 e. The number of anilines is 1. The van der Waals surface area contributed by atoms with Gasteiger partial charge in [-0.3, -0.25) is 19.7 Å². The minimum Gasteiger partial charge on any atom is -0.487 e. The van der Waals surface area contributed by atoms with E-state index < -0.39 is 10.8 Å². The molecule has 1 N–H and O–H groups in total. The number of ether oxygens (including phenoxy) is 1. The highest BCUT2D eigenvalue weighted by molar-refractivity contribution is 6.00. The van der Waals surface area contributed by atoms with E-state index in [0.717, 1.165) is 28.4 Å². The van der Waals surface area contributed by atoms with Crippen molar-refractivity contribution in [2.45, 2.75) is 27.7 Å². The maximum absolute atomic E-state index is 12.6. The molecule has 29 heavy (non-hydrogen) atoms. The van der Waals surface area contributed by atoms with Crippen LogP contribution in [0.15, 0.2) is 30.3 Å². The second kappa shape index (κ2) is 9.18.